The first kappa shape index (κ1) is 14.1. The van der Waals surface area contributed by atoms with Gasteiger partial charge in [0.2, 0.25) is 0 Å². The Morgan fingerprint density at radius 2 is 1.43 bits per heavy atom. The maximum absolute atomic E-state index is 11.4. The molecular formula is C18H15O4P. The van der Waals surface area contributed by atoms with Gasteiger partial charge in [-0.1, -0.05) is 0 Å². The number of fused-ring (bicyclic) bond motifs is 3. The number of hydrogen-bond acceptors (Lipinski definition) is 4. The van der Waals surface area contributed by atoms with E-state index in [0.717, 1.165) is 11.1 Å². The van der Waals surface area contributed by atoms with Crippen LogP contribution in [0.3, 0.4) is 0 Å². The third-order valence-electron chi connectivity index (χ3n) is 4.07. The van der Waals surface area contributed by atoms with E-state index < -0.39 is 7.72 Å². The van der Waals surface area contributed by atoms with Crippen LogP contribution in [0.5, 0.6) is 17.2 Å². The first-order valence-corrected chi connectivity index (χ1v) is 9.08. The average molecular weight is 326 g/mol. The molecule has 4 nitrogen and oxygen atoms in total. The monoisotopic (exact) mass is 326 g/mol. The third kappa shape index (κ3) is 2.07. The van der Waals surface area contributed by atoms with Crippen LogP contribution in [0.2, 0.25) is 0 Å². The van der Waals surface area contributed by atoms with Crippen LogP contribution in [0, 0.1) is 0 Å². The van der Waals surface area contributed by atoms with E-state index in [1.54, 1.807) is 12.1 Å². The molecule has 1 aliphatic rings. The van der Waals surface area contributed by atoms with Gasteiger partial charge in [0, 0.05) is 0 Å². The van der Waals surface area contributed by atoms with Crippen molar-refractivity contribution in [2.24, 2.45) is 0 Å². The van der Waals surface area contributed by atoms with Gasteiger partial charge in [-0.3, -0.25) is 0 Å². The standard InChI is InChI=1S/C18H15O4P/c19-12-9-10-15(20)18(11-12)23(21)17-8-4-2-6-14(17)13-5-1-3-7-16(13)22-23/h1-11,19-21,23H. The van der Waals surface area contributed by atoms with Gasteiger partial charge >= 0.3 is 133 Å². The Hall–Kier alpha value is -2.55. The van der Waals surface area contributed by atoms with Crippen molar-refractivity contribution in [2.75, 3.05) is 0 Å². The molecule has 0 unspecified atom stereocenters. The van der Waals surface area contributed by atoms with Gasteiger partial charge in [0.05, 0.1) is 0 Å². The molecule has 3 N–H and O–H groups in total. The predicted octanol–water partition coefficient (Wildman–Crippen LogP) is 2.68. The summed E-state index contributed by atoms with van der Waals surface area (Å²) in [6, 6.07) is 19.0. The van der Waals surface area contributed by atoms with Crippen LogP contribution in [-0.2, 0) is 0 Å². The van der Waals surface area contributed by atoms with E-state index in [1.807, 2.05) is 36.4 Å². The second-order valence-corrected chi connectivity index (χ2v) is 8.06. The van der Waals surface area contributed by atoms with Gasteiger partial charge in [-0.05, 0) is 0 Å². The molecule has 1 heterocycles. The summed E-state index contributed by atoms with van der Waals surface area (Å²) in [5.74, 6) is 0.452. The summed E-state index contributed by atoms with van der Waals surface area (Å²) in [5, 5.41) is 20.9. The van der Waals surface area contributed by atoms with Crippen molar-refractivity contribution >= 4 is 18.3 Å². The van der Waals surface area contributed by atoms with Gasteiger partial charge in [0.25, 0.3) is 0 Å². The summed E-state index contributed by atoms with van der Waals surface area (Å²) < 4.78 is 5.99. The minimum atomic E-state index is -3.67. The quantitative estimate of drug-likeness (QED) is 0.475. The van der Waals surface area contributed by atoms with Gasteiger partial charge < -0.3 is 0 Å². The molecule has 3 aromatic rings. The van der Waals surface area contributed by atoms with Gasteiger partial charge in [0.15, 0.2) is 0 Å². The Morgan fingerprint density at radius 3 is 2.26 bits per heavy atom. The number of para-hydroxylation sites is 1. The van der Waals surface area contributed by atoms with Crippen molar-refractivity contribution in [2.45, 2.75) is 0 Å². The van der Waals surface area contributed by atoms with Crippen LogP contribution >= 0.6 is 7.72 Å². The summed E-state index contributed by atoms with van der Waals surface area (Å²) in [4.78, 5) is 11.4. The molecule has 0 saturated heterocycles. The zero-order chi connectivity index (χ0) is 16.0. The molecular weight excluding hydrogens is 311 g/mol. The Labute approximate surface area is 133 Å². The Kier molecular flexibility index (Phi) is 3.05. The Morgan fingerprint density at radius 1 is 0.739 bits per heavy atom. The van der Waals surface area contributed by atoms with Crippen molar-refractivity contribution in [3.63, 3.8) is 0 Å². The maximum atomic E-state index is 11.4. The number of benzene rings is 3. The first-order chi connectivity index (χ1) is 11.1. The third-order valence-corrected chi connectivity index (χ3v) is 6.88. The molecule has 5 heteroatoms. The van der Waals surface area contributed by atoms with Crippen molar-refractivity contribution < 1.29 is 19.6 Å². The fraction of sp³-hybridized carbons (Fsp3) is 0. The van der Waals surface area contributed by atoms with Crippen LogP contribution in [0.4, 0.5) is 0 Å². The van der Waals surface area contributed by atoms with E-state index in [0.29, 0.717) is 11.1 Å². The number of hydrogen-bond donors (Lipinski definition) is 3. The molecule has 3 aromatic carbocycles. The summed E-state index contributed by atoms with van der Waals surface area (Å²) in [5.41, 5.74) is 1.78. The van der Waals surface area contributed by atoms with E-state index in [4.69, 9.17) is 4.52 Å². The van der Waals surface area contributed by atoms with Crippen LogP contribution in [-0.4, -0.2) is 15.1 Å². The zero-order valence-corrected chi connectivity index (χ0v) is 13.1. The molecule has 0 aliphatic carbocycles. The first-order valence-electron chi connectivity index (χ1n) is 7.22. The average Bonchev–Trinajstić information content (AvgIpc) is 2.57. The second-order valence-electron chi connectivity index (χ2n) is 5.49. The summed E-state index contributed by atoms with van der Waals surface area (Å²) >= 11 is 0. The van der Waals surface area contributed by atoms with E-state index in [2.05, 4.69) is 0 Å². The SMILES string of the molecule is Oc1ccc(O)c([PH]2(O)Oc3ccccc3-c3ccccc32)c1. The zero-order valence-electron chi connectivity index (χ0n) is 12.1. The van der Waals surface area contributed by atoms with Gasteiger partial charge in [-0.15, -0.1) is 0 Å². The summed E-state index contributed by atoms with van der Waals surface area (Å²) in [6.45, 7) is 0. The van der Waals surface area contributed by atoms with Crippen LogP contribution in [0.15, 0.2) is 66.7 Å². The summed E-state index contributed by atoms with van der Waals surface area (Å²) in [6.07, 6.45) is 0. The van der Waals surface area contributed by atoms with Crippen LogP contribution < -0.4 is 15.1 Å². The number of rotatable bonds is 1. The van der Waals surface area contributed by atoms with Crippen molar-refractivity contribution in [1.29, 1.82) is 0 Å². The summed E-state index contributed by atoms with van der Waals surface area (Å²) in [7, 11) is -3.67. The second kappa shape index (κ2) is 4.98. The topological polar surface area (TPSA) is 69.9 Å². The van der Waals surface area contributed by atoms with Crippen LogP contribution in [0.25, 0.3) is 11.1 Å². The predicted molar refractivity (Wildman–Crippen MR) is 92.1 cm³/mol. The Balaban J connectivity index is 2.02. The number of phenolic OH excluding ortho intramolecular Hbond substituents is 2. The molecule has 4 rings (SSSR count). The molecule has 0 aromatic heterocycles. The number of aromatic hydroxyl groups is 2. The number of phenols is 2. The van der Waals surface area contributed by atoms with Gasteiger partial charge in [0.1, 0.15) is 0 Å². The van der Waals surface area contributed by atoms with E-state index in [-0.39, 0.29) is 16.8 Å². The van der Waals surface area contributed by atoms with Crippen molar-refractivity contribution in [1.82, 2.24) is 0 Å². The molecule has 0 fully saturated rings. The minimum absolute atomic E-state index is 0.0290. The van der Waals surface area contributed by atoms with Crippen LogP contribution in [0.1, 0.15) is 0 Å². The van der Waals surface area contributed by atoms with Crippen molar-refractivity contribution in [3.05, 3.63) is 66.7 Å². The molecule has 23 heavy (non-hydrogen) atoms. The van der Waals surface area contributed by atoms with Crippen molar-refractivity contribution in [3.8, 4) is 28.4 Å². The molecule has 116 valence electrons. The molecule has 0 saturated carbocycles. The molecule has 0 amide bonds. The van der Waals surface area contributed by atoms with E-state index in [1.165, 1.54) is 18.2 Å². The molecule has 0 radical (unpaired) electrons. The van der Waals surface area contributed by atoms with E-state index >= 15 is 0 Å². The molecule has 0 spiro atoms. The van der Waals surface area contributed by atoms with Gasteiger partial charge in [-0.25, -0.2) is 0 Å². The van der Waals surface area contributed by atoms with E-state index in [9.17, 15) is 15.1 Å². The normalized spacial score (nSPS) is 15.9. The molecule has 1 aliphatic heterocycles. The molecule has 0 atom stereocenters. The fourth-order valence-electron chi connectivity index (χ4n) is 3.00. The van der Waals surface area contributed by atoms with Gasteiger partial charge in [-0.2, -0.15) is 0 Å². The molecule has 0 bridgehead atoms. The Bertz CT molecular complexity index is 909. The fourth-order valence-corrected chi connectivity index (χ4v) is 5.69.